The van der Waals surface area contributed by atoms with E-state index in [4.69, 9.17) is 17.3 Å². The van der Waals surface area contributed by atoms with E-state index in [1.165, 1.54) is 16.8 Å². The van der Waals surface area contributed by atoms with Crippen LogP contribution in [0.1, 0.15) is 11.1 Å². The van der Waals surface area contributed by atoms with Gasteiger partial charge in [0.1, 0.15) is 0 Å². The molecule has 1 aromatic heterocycles. The van der Waals surface area contributed by atoms with Crippen molar-refractivity contribution in [1.29, 1.82) is 0 Å². The number of nitrogens with two attached hydrogens (primary N) is 1. The average Bonchev–Trinajstić information content (AvgIpc) is 2.75. The molecule has 2 nitrogen and oxygen atoms in total. The maximum absolute atomic E-state index is 6.06. The summed E-state index contributed by atoms with van der Waals surface area (Å²) < 4.78 is 1.16. The lowest BCUT2D eigenvalue weighted by molar-refractivity contribution is 0.895. The molecule has 0 aliphatic rings. The first-order valence-corrected chi connectivity index (χ1v) is 8.07. The van der Waals surface area contributed by atoms with Crippen LogP contribution in [0.3, 0.4) is 0 Å². The fraction of sp³-hybridized carbons (Fsp3) is 0.286. The van der Waals surface area contributed by atoms with E-state index in [1.807, 2.05) is 12.1 Å². The number of thiophene rings is 1. The van der Waals surface area contributed by atoms with E-state index in [0.29, 0.717) is 6.54 Å². The van der Waals surface area contributed by atoms with E-state index in [0.717, 1.165) is 21.8 Å². The fourth-order valence-corrected chi connectivity index (χ4v) is 3.46. The van der Waals surface area contributed by atoms with Gasteiger partial charge in [-0.3, -0.25) is 0 Å². The molecule has 5 heteroatoms. The third kappa shape index (κ3) is 3.96. The van der Waals surface area contributed by atoms with Crippen LogP contribution in [-0.2, 0) is 13.0 Å². The molecule has 1 aromatic carbocycles. The molecule has 1 heterocycles. The number of halogens is 2. The number of anilines is 1. The van der Waals surface area contributed by atoms with Crippen molar-refractivity contribution in [2.24, 2.45) is 5.73 Å². The van der Waals surface area contributed by atoms with Crippen molar-refractivity contribution in [3.63, 3.8) is 0 Å². The molecular weight excluding hydrogens is 344 g/mol. The van der Waals surface area contributed by atoms with Crippen molar-refractivity contribution in [3.8, 4) is 0 Å². The van der Waals surface area contributed by atoms with Gasteiger partial charge in [-0.05, 0) is 69.7 Å². The minimum Gasteiger partial charge on any atom is -0.370 e. The molecule has 2 aromatic rings. The van der Waals surface area contributed by atoms with Gasteiger partial charge in [0.2, 0.25) is 0 Å². The first-order chi connectivity index (χ1) is 9.10. The zero-order chi connectivity index (χ0) is 13.8. The SMILES string of the molecule is CN(Cc1csc(Br)c1)c1ccc(Cl)cc1CCN. The monoisotopic (exact) mass is 358 g/mol. The van der Waals surface area contributed by atoms with Gasteiger partial charge < -0.3 is 10.6 Å². The van der Waals surface area contributed by atoms with E-state index < -0.39 is 0 Å². The van der Waals surface area contributed by atoms with Crippen LogP contribution in [0.2, 0.25) is 5.02 Å². The van der Waals surface area contributed by atoms with Gasteiger partial charge in [0.05, 0.1) is 3.79 Å². The number of hydrogen-bond donors (Lipinski definition) is 1. The highest BCUT2D eigenvalue weighted by Crippen LogP contribution is 2.27. The number of nitrogens with zero attached hydrogens (tertiary/aromatic N) is 1. The van der Waals surface area contributed by atoms with Crippen LogP contribution in [0.5, 0.6) is 0 Å². The van der Waals surface area contributed by atoms with E-state index in [1.54, 1.807) is 11.3 Å². The maximum atomic E-state index is 6.06. The van der Waals surface area contributed by atoms with Crippen molar-refractivity contribution in [1.82, 2.24) is 0 Å². The molecule has 0 bridgehead atoms. The van der Waals surface area contributed by atoms with Crippen LogP contribution in [0, 0.1) is 0 Å². The van der Waals surface area contributed by atoms with Gasteiger partial charge in [-0.25, -0.2) is 0 Å². The van der Waals surface area contributed by atoms with Crippen LogP contribution in [-0.4, -0.2) is 13.6 Å². The lowest BCUT2D eigenvalue weighted by Gasteiger charge is -2.22. The number of benzene rings is 1. The number of hydrogen-bond acceptors (Lipinski definition) is 3. The molecule has 0 saturated carbocycles. The third-order valence-corrected chi connectivity index (χ3v) is 4.70. The minimum absolute atomic E-state index is 0.630. The molecule has 2 N–H and O–H groups in total. The summed E-state index contributed by atoms with van der Waals surface area (Å²) in [7, 11) is 2.09. The summed E-state index contributed by atoms with van der Waals surface area (Å²) in [5.41, 5.74) is 9.36. The summed E-state index contributed by atoms with van der Waals surface area (Å²) in [6.07, 6.45) is 0.841. The highest BCUT2D eigenvalue weighted by Gasteiger charge is 2.09. The molecule has 2 rings (SSSR count). The summed E-state index contributed by atoms with van der Waals surface area (Å²) in [5.74, 6) is 0. The van der Waals surface area contributed by atoms with Crippen molar-refractivity contribution in [3.05, 3.63) is 49.6 Å². The van der Waals surface area contributed by atoms with E-state index >= 15 is 0 Å². The lowest BCUT2D eigenvalue weighted by Crippen LogP contribution is -2.18. The van der Waals surface area contributed by atoms with Crippen LogP contribution in [0.4, 0.5) is 5.69 Å². The zero-order valence-electron chi connectivity index (χ0n) is 10.7. The smallest absolute Gasteiger partial charge is 0.0701 e. The molecule has 0 saturated heterocycles. The third-order valence-electron chi connectivity index (χ3n) is 2.91. The standard InChI is InChI=1S/C14H16BrClN2S/c1-18(8-10-6-14(15)19-9-10)13-3-2-12(16)7-11(13)4-5-17/h2-3,6-7,9H,4-5,8,17H2,1H3. The van der Waals surface area contributed by atoms with Gasteiger partial charge in [-0.1, -0.05) is 11.6 Å². The Morgan fingerprint density at radius 1 is 1.37 bits per heavy atom. The maximum Gasteiger partial charge on any atom is 0.0701 e. The molecule has 19 heavy (non-hydrogen) atoms. The van der Waals surface area contributed by atoms with E-state index in [9.17, 15) is 0 Å². The van der Waals surface area contributed by atoms with Crippen LogP contribution in [0.25, 0.3) is 0 Å². The van der Waals surface area contributed by atoms with Gasteiger partial charge in [0.25, 0.3) is 0 Å². The Labute approximate surface area is 131 Å². The van der Waals surface area contributed by atoms with Gasteiger partial charge in [0.15, 0.2) is 0 Å². The Balaban J connectivity index is 2.20. The topological polar surface area (TPSA) is 29.3 Å². The first kappa shape index (κ1) is 14.9. The van der Waals surface area contributed by atoms with Crippen LogP contribution in [0.15, 0.2) is 33.4 Å². The van der Waals surface area contributed by atoms with Crippen LogP contribution < -0.4 is 10.6 Å². The van der Waals surface area contributed by atoms with Crippen molar-refractivity contribution in [2.75, 3.05) is 18.5 Å². The molecule has 0 amide bonds. The van der Waals surface area contributed by atoms with Crippen molar-refractivity contribution < 1.29 is 0 Å². The summed E-state index contributed by atoms with van der Waals surface area (Å²) in [6.45, 7) is 1.51. The molecule has 0 fully saturated rings. The Morgan fingerprint density at radius 2 is 2.16 bits per heavy atom. The van der Waals surface area contributed by atoms with E-state index in [-0.39, 0.29) is 0 Å². The summed E-state index contributed by atoms with van der Waals surface area (Å²) in [4.78, 5) is 2.23. The molecule has 0 unspecified atom stereocenters. The molecular formula is C14H16BrClN2S. The molecule has 0 aliphatic carbocycles. The van der Waals surface area contributed by atoms with E-state index in [2.05, 4.69) is 45.4 Å². The van der Waals surface area contributed by atoms with Crippen LogP contribution >= 0.6 is 38.9 Å². The zero-order valence-corrected chi connectivity index (χ0v) is 13.9. The predicted molar refractivity (Wildman–Crippen MR) is 88.3 cm³/mol. The normalized spacial score (nSPS) is 10.7. The highest BCUT2D eigenvalue weighted by molar-refractivity contribution is 9.11. The van der Waals surface area contributed by atoms with Gasteiger partial charge in [-0.2, -0.15) is 0 Å². The number of rotatable bonds is 5. The second kappa shape index (κ2) is 6.75. The Morgan fingerprint density at radius 3 is 2.79 bits per heavy atom. The predicted octanol–water partition coefficient (Wildman–Crippen LogP) is 4.30. The highest BCUT2D eigenvalue weighted by atomic mass is 79.9. The fourth-order valence-electron chi connectivity index (χ4n) is 2.07. The second-order valence-corrected chi connectivity index (χ2v) is 7.15. The first-order valence-electron chi connectivity index (χ1n) is 6.02. The Kier molecular flexibility index (Phi) is 5.28. The molecule has 102 valence electrons. The summed E-state index contributed by atoms with van der Waals surface area (Å²) in [6, 6.07) is 8.15. The summed E-state index contributed by atoms with van der Waals surface area (Å²) >= 11 is 11.3. The van der Waals surface area contributed by atoms with Crippen molar-refractivity contribution in [2.45, 2.75) is 13.0 Å². The quantitative estimate of drug-likeness (QED) is 0.862. The van der Waals surface area contributed by atoms with Crippen molar-refractivity contribution >= 4 is 44.6 Å². The Bertz CT molecular complexity index is 556. The average molecular weight is 360 g/mol. The largest absolute Gasteiger partial charge is 0.370 e. The molecule has 0 aliphatic heterocycles. The van der Waals surface area contributed by atoms with Gasteiger partial charge in [0, 0.05) is 24.3 Å². The summed E-state index contributed by atoms with van der Waals surface area (Å²) in [5, 5.41) is 2.93. The molecule has 0 atom stereocenters. The minimum atomic E-state index is 0.630. The molecule has 0 spiro atoms. The lowest BCUT2D eigenvalue weighted by atomic mass is 10.1. The van der Waals surface area contributed by atoms with Gasteiger partial charge >= 0.3 is 0 Å². The second-order valence-electron chi connectivity index (χ2n) is 4.43. The molecule has 0 radical (unpaired) electrons. The van der Waals surface area contributed by atoms with Gasteiger partial charge in [-0.15, -0.1) is 11.3 Å². The Hall–Kier alpha value is -0.550.